The second-order valence-corrected chi connectivity index (χ2v) is 25.4. The predicted molar refractivity (Wildman–Crippen MR) is 398 cm³/mol. The van der Waals surface area contributed by atoms with Crippen LogP contribution in [0, 0.1) is 36.2 Å². The summed E-state index contributed by atoms with van der Waals surface area (Å²) >= 11 is 5.93. The Labute approximate surface area is 604 Å². The number of fused-ring (bicyclic) bond motifs is 3. The number of rotatable bonds is 15. The van der Waals surface area contributed by atoms with Crippen molar-refractivity contribution in [3.63, 3.8) is 0 Å². The number of para-hydroxylation sites is 3. The lowest BCUT2D eigenvalue weighted by atomic mass is 10.1. The topological polar surface area (TPSA) is 285 Å². The maximum atomic E-state index is 13.5. The molecule has 0 atom stereocenters. The van der Waals surface area contributed by atoms with Gasteiger partial charge in [-0.15, -0.1) is 0 Å². The van der Waals surface area contributed by atoms with Crippen molar-refractivity contribution < 1.29 is 43.0 Å². The molecule has 0 radical (unpaired) electrons. The molecule has 536 valence electrons. The second-order valence-electron chi connectivity index (χ2n) is 25.0. The van der Waals surface area contributed by atoms with Crippen molar-refractivity contribution in [3.05, 3.63) is 300 Å². The number of pyridine rings is 3. The molecule has 3 fully saturated rings. The highest BCUT2D eigenvalue weighted by Crippen LogP contribution is 2.38. The van der Waals surface area contributed by atoms with Gasteiger partial charge in [0.15, 0.2) is 0 Å². The third kappa shape index (κ3) is 15.2. The molecule has 105 heavy (non-hydrogen) atoms. The summed E-state index contributed by atoms with van der Waals surface area (Å²) in [5, 5.41) is 38.6. The van der Waals surface area contributed by atoms with Crippen molar-refractivity contribution >= 4 is 96.2 Å². The van der Waals surface area contributed by atoms with Gasteiger partial charge in [0.05, 0.1) is 58.6 Å². The van der Waals surface area contributed by atoms with Crippen LogP contribution in [0.2, 0.25) is 5.02 Å². The predicted octanol–water partition coefficient (Wildman–Crippen LogP) is 11.1. The lowest BCUT2D eigenvalue weighted by Gasteiger charge is -2.36. The van der Waals surface area contributed by atoms with Crippen LogP contribution in [0.3, 0.4) is 0 Å². The first-order chi connectivity index (χ1) is 50.7. The summed E-state index contributed by atoms with van der Waals surface area (Å²) in [5.74, 6) is 0.554. The van der Waals surface area contributed by atoms with Crippen LogP contribution in [0.1, 0.15) is 42.2 Å². The van der Waals surface area contributed by atoms with Crippen molar-refractivity contribution in [2.45, 2.75) is 13.1 Å². The van der Waals surface area contributed by atoms with Crippen molar-refractivity contribution in [2.24, 2.45) is 7.05 Å². The zero-order chi connectivity index (χ0) is 74.2. The number of hydrogen-bond acceptors (Lipinski definition) is 17. The standard InChI is InChI=1S/C28H25FN4O5.C27H23ClN4O4.C22H22N4O5/c1-38-22-12-8-20(9-13-22)27(34)31-16-14-30(15-17-31)25-23-4-2-3-5-24(23)32(28(35)26(25)33(36)37)18-19-6-10-21(29)11-7-19;28-21-12-10-20(11-13-21)26(33)30-16-14-29(15-17-30)24-22-8-4-5-9-23(22)31(27(34)25(24)32(35)36)18-19-6-2-1-3-7-19;1-23-18-6-4-3-5-17(18)19(20(22(23)28)26(29)30)24-11-13-25(14-12-24)21(27)15-7-9-16(31-2)10-8-15/h2-13H,14-18H2,1H3;1-13H,14-18H2;3-10H,11-14H2,1-2H3. The molecule has 0 aliphatic carbocycles. The lowest BCUT2D eigenvalue weighted by molar-refractivity contribution is -0.385. The van der Waals surface area contributed by atoms with E-state index in [0.717, 1.165) is 5.56 Å². The van der Waals surface area contributed by atoms with Gasteiger partial charge in [-0.1, -0.05) is 109 Å². The number of carbonyl (C=O) groups is 3. The van der Waals surface area contributed by atoms with Gasteiger partial charge < -0.3 is 43.4 Å². The summed E-state index contributed by atoms with van der Waals surface area (Å²) in [7, 11) is 4.66. The molecule has 3 aliphatic heterocycles. The summed E-state index contributed by atoms with van der Waals surface area (Å²) in [6, 6.07) is 57.0. The average molecular weight is 1440 g/mol. The fraction of sp³-hybridized carbons (Fsp3) is 0.221. The van der Waals surface area contributed by atoms with Gasteiger partial charge >= 0.3 is 33.7 Å². The zero-order valence-corrected chi connectivity index (χ0v) is 58.0. The second kappa shape index (κ2) is 31.6. The number of methoxy groups -OCH3 is 2. The fourth-order valence-electron chi connectivity index (χ4n) is 13.5. The van der Waals surface area contributed by atoms with Crippen LogP contribution in [0.15, 0.2) is 215 Å². The van der Waals surface area contributed by atoms with E-state index in [1.807, 2.05) is 69.3 Å². The monoisotopic (exact) mass is 1440 g/mol. The van der Waals surface area contributed by atoms with Gasteiger partial charge in [0, 0.05) is 123 Å². The molecule has 11 aromatic rings. The van der Waals surface area contributed by atoms with Gasteiger partial charge in [-0.25, -0.2) is 4.39 Å². The molecule has 0 saturated carbocycles. The van der Waals surface area contributed by atoms with E-state index in [1.54, 1.807) is 162 Å². The number of aryl methyl sites for hydroxylation is 1. The van der Waals surface area contributed by atoms with Gasteiger partial charge in [-0.3, -0.25) is 68.2 Å². The number of anilines is 3. The first-order valence-corrected chi connectivity index (χ1v) is 33.9. The molecule has 0 N–H and O–H groups in total. The molecule has 0 unspecified atom stereocenters. The van der Waals surface area contributed by atoms with E-state index in [0.29, 0.717) is 161 Å². The van der Waals surface area contributed by atoms with Crippen molar-refractivity contribution in [3.8, 4) is 11.5 Å². The minimum absolute atomic E-state index is 0.0604. The third-order valence-corrected chi connectivity index (χ3v) is 19.1. The number of carbonyl (C=O) groups excluding carboxylic acids is 3. The molecular formula is C77H70ClFN12O14. The van der Waals surface area contributed by atoms with Crippen molar-refractivity contribution in [1.29, 1.82) is 0 Å². The molecular weight excluding hydrogens is 1370 g/mol. The molecule has 3 aromatic heterocycles. The maximum absolute atomic E-state index is 13.5. The van der Waals surface area contributed by atoms with E-state index in [2.05, 4.69) is 0 Å². The van der Waals surface area contributed by atoms with Gasteiger partial charge in [0.1, 0.15) is 34.4 Å². The van der Waals surface area contributed by atoms with Crippen molar-refractivity contribution in [1.82, 2.24) is 28.4 Å². The molecule has 3 saturated heterocycles. The van der Waals surface area contributed by atoms with Crippen LogP contribution in [-0.4, -0.2) is 154 Å². The fourth-order valence-corrected chi connectivity index (χ4v) is 13.7. The van der Waals surface area contributed by atoms with Gasteiger partial charge in [0.2, 0.25) is 0 Å². The van der Waals surface area contributed by atoms with Crippen LogP contribution in [0.5, 0.6) is 11.5 Å². The highest BCUT2D eigenvalue weighted by molar-refractivity contribution is 6.30. The number of benzene rings is 8. The zero-order valence-electron chi connectivity index (χ0n) is 57.3. The van der Waals surface area contributed by atoms with Crippen LogP contribution in [0.4, 0.5) is 38.5 Å². The van der Waals surface area contributed by atoms with E-state index in [-0.39, 0.29) is 36.5 Å². The Bertz CT molecular complexity index is 5310. The third-order valence-electron chi connectivity index (χ3n) is 18.9. The minimum atomic E-state index is -0.732. The number of nitro groups is 3. The lowest BCUT2D eigenvalue weighted by Crippen LogP contribution is -2.49. The van der Waals surface area contributed by atoms with E-state index in [1.165, 1.54) is 32.9 Å². The normalized spacial score (nSPS) is 13.7. The number of hydrogen-bond donors (Lipinski definition) is 0. The Hall–Kier alpha value is -12.8. The van der Waals surface area contributed by atoms with E-state index in [4.69, 9.17) is 21.1 Å². The number of piperazine rings is 3. The quantitative estimate of drug-likeness (QED) is 0.0681. The van der Waals surface area contributed by atoms with Gasteiger partial charge in [0.25, 0.3) is 17.7 Å². The van der Waals surface area contributed by atoms with Crippen LogP contribution in [-0.2, 0) is 20.1 Å². The number of halogens is 2. The Morgan fingerprint density at radius 3 is 1.06 bits per heavy atom. The Morgan fingerprint density at radius 1 is 0.400 bits per heavy atom. The van der Waals surface area contributed by atoms with Gasteiger partial charge in [-0.2, -0.15) is 0 Å². The number of aromatic nitrogens is 3. The minimum Gasteiger partial charge on any atom is -0.497 e. The smallest absolute Gasteiger partial charge is 0.357 e. The summed E-state index contributed by atoms with van der Waals surface area (Å²) in [4.78, 5) is 123. The summed E-state index contributed by atoms with van der Waals surface area (Å²) in [6.45, 7) is 4.68. The van der Waals surface area contributed by atoms with E-state index in [9.17, 15) is 63.5 Å². The molecule has 0 spiro atoms. The number of ether oxygens (including phenoxy) is 2. The molecule has 8 aromatic carbocycles. The average Bonchev–Trinajstić information content (AvgIpc) is 0.760. The number of amides is 3. The van der Waals surface area contributed by atoms with Crippen LogP contribution in [0.25, 0.3) is 32.7 Å². The highest BCUT2D eigenvalue weighted by Gasteiger charge is 2.36. The van der Waals surface area contributed by atoms with E-state index >= 15 is 0 Å². The summed E-state index contributed by atoms with van der Waals surface area (Å²) in [6.07, 6.45) is 0. The Balaban J connectivity index is 0.000000149. The first kappa shape index (κ1) is 72.0. The molecule has 3 amide bonds. The largest absolute Gasteiger partial charge is 0.497 e. The first-order valence-electron chi connectivity index (χ1n) is 33.5. The Kier molecular flexibility index (Phi) is 21.7. The van der Waals surface area contributed by atoms with Crippen LogP contribution < -0.4 is 40.9 Å². The maximum Gasteiger partial charge on any atom is 0.357 e. The molecule has 14 rings (SSSR count). The Morgan fingerprint density at radius 2 is 0.705 bits per heavy atom. The molecule has 26 nitrogen and oxygen atoms in total. The number of nitrogens with zero attached hydrogens (tertiary/aromatic N) is 12. The van der Waals surface area contributed by atoms with E-state index < -0.39 is 54.3 Å². The molecule has 6 heterocycles. The molecule has 28 heteroatoms. The van der Waals surface area contributed by atoms with Crippen LogP contribution >= 0.6 is 11.6 Å². The van der Waals surface area contributed by atoms with Crippen molar-refractivity contribution in [2.75, 3.05) is 107 Å². The molecule has 3 aliphatic rings. The summed E-state index contributed by atoms with van der Waals surface area (Å²) < 4.78 is 27.8. The SMILES string of the molecule is COc1ccc(C(=O)N2CCN(c3c([N+](=O)[O-])c(=O)n(C)c4ccccc34)CC2)cc1.COc1ccc(C(=O)N2CCN(c3c([N+](=O)[O-])c(=O)n(Cc4ccc(F)cc4)c4ccccc34)CC2)cc1.O=C(c1ccc(Cl)cc1)N1CCN(c2c([N+](=O)[O-])c(=O)n(Cc3ccccc3)c3ccccc23)CC1. The molecule has 0 bridgehead atoms. The summed E-state index contributed by atoms with van der Waals surface area (Å²) in [5.41, 5.74) is 2.41. The van der Waals surface area contributed by atoms with Gasteiger partial charge in [-0.05, 0) is 114 Å². The highest BCUT2D eigenvalue weighted by atomic mass is 35.5.